The Labute approximate surface area is 382 Å². The predicted octanol–water partition coefficient (Wildman–Crippen LogP) is 5.06. The number of hydrogen-bond acceptors (Lipinski definition) is 17. The van der Waals surface area contributed by atoms with E-state index in [-0.39, 0.29) is 58.6 Å². The van der Waals surface area contributed by atoms with Gasteiger partial charge in [-0.05, 0) is 72.6 Å². The zero-order valence-corrected chi connectivity index (χ0v) is 38.6. The van der Waals surface area contributed by atoms with Crippen molar-refractivity contribution in [1.29, 1.82) is 0 Å². The number of non-ortho nitro benzene ring substituents is 2. The van der Waals surface area contributed by atoms with E-state index in [1.165, 1.54) is 61.1 Å². The van der Waals surface area contributed by atoms with Gasteiger partial charge in [-0.2, -0.15) is 0 Å². The molecule has 21 nitrogen and oxygen atoms in total. The Hall–Kier alpha value is -6.92. The van der Waals surface area contributed by atoms with Crippen molar-refractivity contribution in [3.8, 4) is 0 Å². The minimum Gasteiger partial charge on any atom is -0.457 e. The number of nitro benzene ring substituents is 2. The molecule has 0 saturated carbocycles. The number of aromatic nitrogens is 3. The van der Waals surface area contributed by atoms with Crippen molar-refractivity contribution in [3.63, 3.8) is 0 Å². The number of benzene rings is 2. The molecule has 350 valence electrons. The number of esters is 2. The number of rotatable bonds is 17. The summed E-state index contributed by atoms with van der Waals surface area (Å²) in [6.45, 7) is 13.3. The highest BCUT2D eigenvalue weighted by Crippen LogP contribution is 2.43. The average Bonchev–Trinajstić information content (AvgIpc) is 3.87. The van der Waals surface area contributed by atoms with Gasteiger partial charge in [0.1, 0.15) is 30.1 Å². The van der Waals surface area contributed by atoms with Crippen molar-refractivity contribution in [1.82, 2.24) is 19.3 Å². The summed E-state index contributed by atoms with van der Waals surface area (Å²) in [5.74, 6) is -5.12. The van der Waals surface area contributed by atoms with Crippen LogP contribution in [0.25, 0.3) is 4.83 Å². The van der Waals surface area contributed by atoms with Crippen molar-refractivity contribution < 1.29 is 63.1 Å². The predicted molar refractivity (Wildman–Crippen MR) is 238 cm³/mol. The van der Waals surface area contributed by atoms with Crippen LogP contribution in [-0.2, 0) is 46.3 Å². The van der Waals surface area contributed by atoms with Gasteiger partial charge in [-0.1, -0.05) is 27.7 Å². The minimum absolute atomic E-state index is 0. The SMILES string of the molecule is CC(O[Si](C)(C)C(C)(C)C)[C@H]1C(=O)N(C(O)C(=O)OCc2ccc([N+](=O)[O-])cc2)[C@@H]1[C@@H](C)C(=O)c1cn2cnc(C(=O)c3cccnc3)c2s1.O.O=CC(=O)OCc1ccc([N+](=O)[O-])cc1. The van der Waals surface area contributed by atoms with Crippen LogP contribution in [0.4, 0.5) is 11.4 Å². The van der Waals surface area contributed by atoms with Gasteiger partial charge in [0.2, 0.25) is 24.2 Å². The van der Waals surface area contributed by atoms with Gasteiger partial charge in [0, 0.05) is 54.3 Å². The molecular formula is C43H48N6O15SSi. The molecular weight excluding hydrogens is 901 g/mol. The zero-order chi connectivity index (χ0) is 48.0. The van der Waals surface area contributed by atoms with Crippen LogP contribution in [0.5, 0.6) is 0 Å². The molecule has 3 aromatic heterocycles. The van der Waals surface area contributed by atoms with E-state index in [4.69, 9.17) is 9.16 Å². The molecule has 5 aromatic rings. The fraction of sp³-hybridized carbons (Fsp3) is 0.349. The Morgan fingerprint density at radius 1 is 0.939 bits per heavy atom. The number of nitro groups is 2. The fourth-order valence-corrected chi connectivity index (χ4v) is 9.16. The minimum atomic E-state index is -2.39. The number of pyridine rings is 1. The van der Waals surface area contributed by atoms with Gasteiger partial charge in [-0.25, -0.2) is 14.6 Å². The van der Waals surface area contributed by atoms with E-state index in [2.05, 4.69) is 35.5 Å². The maximum Gasteiger partial charge on any atom is 0.371 e. The molecule has 1 aliphatic heterocycles. The van der Waals surface area contributed by atoms with E-state index in [1.807, 2.05) is 13.1 Å². The van der Waals surface area contributed by atoms with E-state index >= 15 is 0 Å². The van der Waals surface area contributed by atoms with Crippen LogP contribution >= 0.6 is 11.3 Å². The number of Topliss-reactive ketones (excluding diaryl/α,β-unsaturated/α-hetero) is 1. The van der Waals surface area contributed by atoms with E-state index in [1.54, 1.807) is 42.8 Å². The van der Waals surface area contributed by atoms with Crippen LogP contribution in [0, 0.1) is 32.1 Å². The molecule has 23 heteroatoms. The molecule has 1 saturated heterocycles. The molecule has 66 heavy (non-hydrogen) atoms. The third-order valence-electron chi connectivity index (χ3n) is 11.2. The lowest BCUT2D eigenvalue weighted by Crippen LogP contribution is -2.72. The number of amides is 1. The Morgan fingerprint density at radius 3 is 2.00 bits per heavy atom. The quantitative estimate of drug-likeness (QED) is 0.0186. The summed E-state index contributed by atoms with van der Waals surface area (Å²) in [7, 11) is -2.39. The molecule has 0 radical (unpaired) electrons. The molecule has 5 atom stereocenters. The summed E-state index contributed by atoms with van der Waals surface area (Å²) in [5, 5.41) is 32.3. The lowest BCUT2D eigenvalue weighted by atomic mass is 9.74. The molecule has 0 spiro atoms. The number of ether oxygens (including phenoxy) is 2. The highest BCUT2D eigenvalue weighted by Gasteiger charge is 2.59. The molecule has 1 aliphatic rings. The monoisotopic (exact) mass is 948 g/mol. The van der Waals surface area contributed by atoms with E-state index < -0.39 is 66.2 Å². The average molecular weight is 949 g/mol. The molecule has 4 heterocycles. The van der Waals surface area contributed by atoms with E-state index in [0.29, 0.717) is 26.4 Å². The number of aliphatic hydroxyl groups excluding tert-OH is 1. The molecule has 2 unspecified atom stereocenters. The highest BCUT2D eigenvalue weighted by molar-refractivity contribution is 7.19. The van der Waals surface area contributed by atoms with Crippen LogP contribution < -0.4 is 0 Å². The second kappa shape index (κ2) is 21.4. The third-order valence-corrected chi connectivity index (χ3v) is 16.9. The maximum atomic E-state index is 14.1. The largest absolute Gasteiger partial charge is 0.457 e. The topological polar surface area (TPSA) is 302 Å². The van der Waals surface area contributed by atoms with Gasteiger partial charge in [0.05, 0.1) is 32.8 Å². The van der Waals surface area contributed by atoms with Crippen molar-refractivity contribution in [2.24, 2.45) is 11.8 Å². The number of β-lactam (4-membered cyclic amide) rings is 1. The first kappa shape index (κ1) is 51.7. The van der Waals surface area contributed by atoms with Gasteiger partial charge in [0.15, 0.2) is 14.1 Å². The standard InChI is InChI=1S/C34H39N5O9SSi.C9H7NO5.H2O/c1-19(28(40)24-16-37-18-36-26(32(37)49-24)29(41)22-9-8-14-35-15-22)27-25(20(2)48-50(6,7)34(3,4)5)30(42)38(27)31(43)33(44)47-17-21-10-12-23(13-11-21)39(45)46;11-5-9(12)15-6-7-1-3-8(4-2-7)10(13)14;/h8-16,18-20,25,27,31,43H,17H2,1-7H3;1-5H,6H2;1H2/t19-,20?,25-,27-,31?;;/m1../s1. The second-order valence-corrected chi connectivity index (χ2v) is 22.3. The van der Waals surface area contributed by atoms with Gasteiger partial charge in [0.25, 0.3) is 11.4 Å². The molecule has 6 rings (SSSR count). The van der Waals surface area contributed by atoms with Gasteiger partial charge >= 0.3 is 11.9 Å². The summed E-state index contributed by atoms with van der Waals surface area (Å²) in [6.07, 6.45) is 3.39. The van der Waals surface area contributed by atoms with Crippen LogP contribution in [0.2, 0.25) is 18.1 Å². The third kappa shape index (κ3) is 11.7. The smallest absolute Gasteiger partial charge is 0.371 e. The Morgan fingerprint density at radius 2 is 1.50 bits per heavy atom. The van der Waals surface area contributed by atoms with Crippen molar-refractivity contribution >= 4 is 71.6 Å². The van der Waals surface area contributed by atoms with Crippen LogP contribution in [0.1, 0.15) is 71.5 Å². The van der Waals surface area contributed by atoms with E-state index in [0.717, 1.165) is 16.2 Å². The first-order valence-corrected chi connectivity index (χ1v) is 23.7. The van der Waals surface area contributed by atoms with Crippen molar-refractivity contribution in [3.05, 3.63) is 133 Å². The lowest BCUT2D eigenvalue weighted by molar-refractivity contribution is -0.385. The fourth-order valence-electron chi connectivity index (χ4n) is 6.63. The number of aldehydes is 1. The number of ketones is 2. The number of carbonyl (C=O) groups excluding carboxylic acids is 6. The first-order chi connectivity index (χ1) is 30.6. The van der Waals surface area contributed by atoms with Crippen LogP contribution in [0.3, 0.4) is 0 Å². The van der Waals surface area contributed by atoms with Gasteiger partial charge in [-0.3, -0.25) is 48.8 Å². The number of hydrogen-bond donors (Lipinski definition) is 1. The van der Waals surface area contributed by atoms with Crippen LogP contribution in [-0.4, -0.2) is 102 Å². The number of imidazole rings is 1. The maximum absolute atomic E-state index is 14.1. The zero-order valence-electron chi connectivity index (χ0n) is 36.8. The number of fused-ring (bicyclic) bond motifs is 1. The summed E-state index contributed by atoms with van der Waals surface area (Å²) in [4.78, 5) is 105. The van der Waals surface area contributed by atoms with Crippen molar-refractivity contribution in [2.75, 3.05) is 0 Å². The summed E-state index contributed by atoms with van der Waals surface area (Å²) in [5.41, 5.74) is 1.35. The lowest BCUT2D eigenvalue weighted by Gasteiger charge is -2.53. The Kier molecular flexibility index (Phi) is 16.7. The van der Waals surface area contributed by atoms with Crippen LogP contribution in [0.15, 0.2) is 85.6 Å². The highest BCUT2D eigenvalue weighted by atomic mass is 32.1. The number of likely N-dealkylation sites (tertiary alicyclic amines) is 1. The number of aliphatic hydroxyl groups is 1. The molecule has 1 fully saturated rings. The van der Waals surface area contributed by atoms with E-state index in [9.17, 15) is 54.1 Å². The molecule has 2 aromatic carbocycles. The summed E-state index contributed by atoms with van der Waals surface area (Å²) in [6, 6.07) is 13.2. The summed E-state index contributed by atoms with van der Waals surface area (Å²) >= 11 is 1.08. The Bertz CT molecular complexity index is 2590. The van der Waals surface area contributed by atoms with Gasteiger partial charge < -0.3 is 29.4 Å². The summed E-state index contributed by atoms with van der Waals surface area (Å²) < 4.78 is 17.9. The number of thiazole rings is 1. The normalized spacial score (nSPS) is 16.0. The van der Waals surface area contributed by atoms with Gasteiger partial charge in [-0.15, -0.1) is 11.3 Å². The molecule has 3 N–H and O–H groups in total. The molecule has 0 aliphatic carbocycles. The molecule has 0 bridgehead atoms. The number of carbonyl (C=O) groups is 6. The molecule has 1 amide bonds. The first-order valence-electron chi connectivity index (χ1n) is 19.9. The van der Waals surface area contributed by atoms with Crippen molar-refractivity contribution in [2.45, 2.75) is 84.3 Å². The Balaban J connectivity index is 0.000000506. The second-order valence-electron chi connectivity index (χ2n) is 16.5. The number of nitrogens with zero attached hydrogens (tertiary/aromatic N) is 6.